The number of fused-ring (bicyclic) bond motifs is 1. The van der Waals surface area contributed by atoms with E-state index in [2.05, 4.69) is 10.0 Å². The second kappa shape index (κ2) is 9.68. The van der Waals surface area contributed by atoms with Gasteiger partial charge in [-0.25, -0.2) is 8.42 Å². The Hall–Kier alpha value is -4.04. The smallest absolute Gasteiger partial charge is 0.262 e. The predicted molar refractivity (Wildman–Crippen MR) is 141 cm³/mol. The van der Waals surface area contributed by atoms with Gasteiger partial charge in [-0.05, 0) is 42.8 Å². The lowest BCUT2D eigenvalue weighted by Crippen LogP contribution is -2.16. The van der Waals surface area contributed by atoms with E-state index >= 15 is 0 Å². The van der Waals surface area contributed by atoms with Crippen molar-refractivity contribution in [1.29, 1.82) is 0 Å². The molecule has 7 nitrogen and oxygen atoms in total. The molecule has 0 radical (unpaired) electrons. The number of anilines is 3. The number of sulfonamides is 1. The number of hydrogen-bond acceptors (Lipinski definition) is 5. The fraction of sp³-hybridized carbons (Fsp3) is 0.148. The number of nitrogens with zero attached hydrogens (tertiary/aromatic N) is 1. The van der Waals surface area contributed by atoms with Crippen molar-refractivity contribution in [2.75, 3.05) is 36.1 Å². The summed E-state index contributed by atoms with van der Waals surface area (Å²) >= 11 is 0. The highest BCUT2D eigenvalue weighted by molar-refractivity contribution is 7.93. The molecule has 4 aromatic carbocycles. The highest BCUT2D eigenvalue weighted by Crippen LogP contribution is 2.35. The number of carbonyl (C=O) groups excluding carboxylic acids is 1. The summed E-state index contributed by atoms with van der Waals surface area (Å²) in [5.74, 6) is 0.0216. The van der Waals surface area contributed by atoms with Gasteiger partial charge in [0.1, 0.15) is 5.75 Å². The number of hydrogen-bond donors (Lipinski definition) is 2. The molecule has 0 aliphatic carbocycles. The number of ether oxygens (including phenoxy) is 1. The van der Waals surface area contributed by atoms with Crippen molar-refractivity contribution >= 4 is 43.8 Å². The van der Waals surface area contributed by atoms with Gasteiger partial charge < -0.3 is 15.0 Å². The third-order valence-electron chi connectivity index (χ3n) is 5.71. The van der Waals surface area contributed by atoms with E-state index in [0.717, 1.165) is 11.1 Å². The van der Waals surface area contributed by atoms with Crippen molar-refractivity contribution in [3.8, 4) is 5.75 Å². The number of nitrogens with one attached hydrogen (secondary N) is 2. The molecule has 1 amide bonds. The Bertz CT molecular complexity index is 1500. The van der Waals surface area contributed by atoms with Crippen LogP contribution in [0, 0.1) is 6.92 Å². The minimum absolute atomic E-state index is 0.167. The van der Waals surface area contributed by atoms with Crippen LogP contribution in [0.2, 0.25) is 0 Å². The lowest BCUT2D eigenvalue weighted by atomic mass is 10.1. The summed E-state index contributed by atoms with van der Waals surface area (Å²) in [5.41, 5.74) is 2.93. The quantitative estimate of drug-likeness (QED) is 0.369. The molecule has 0 saturated carbocycles. The lowest BCUT2D eigenvalue weighted by molar-refractivity contribution is 0.102. The van der Waals surface area contributed by atoms with Gasteiger partial charge in [0.2, 0.25) is 0 Å². The van der Waals surface area contributed by atoms with Crippen LogP contribution in [-0.4, -0.2) is 35.5 Å². The Labute approximate surface area is 205 Å². The van der Waals surface area contributed by atoms with Crippen LogP contribution in [0.5, 0.6) is 5.75 Å². The average molecular weight is 490 g/mol. The topological polar surface area (TPSA) is 87.7 Å². The molecule has 35 heavy (non-hydrogen) atoms. The fourth-order valence-electron chi connectivity index (χ4n) is 3.94. The number of aryl methyl sites for hydroxylation is 1. The Morgan fingerprint density at radius 3 is 2.23 bits per heavy atom. The Balaban J connectivity index is 1.69. The minimum atomic E-state index is -3.95. The summed E-state index contributed by atoms with van der Waals surface area (Å²) in [7, 11) is 1.34. The van der Waals surface area contributed by atoms with Crippen LogP contribution in [0.15, 0.2) is 83.8 Å². The first-order valence-corrected chi connectivity index (χ1v) is 12.5. The van der Waals surface area contributed by atoms with Crippen molar-refractivity contribution in [3.63, 3.8) is 0 Å². The van der Waals surface area contributed by atoms with Crippen LogP contribution in [0.4, 0.5) is 17.1 Å². The second-order valence-corrected chi connectivity index (χ2v) is 9.97. The summed E-state index contributed by atoms with van der Waals surface area (Å²) in [5, 5.41) is 4.32. The maximum atomic E-state index is 13.5. The van der Waals surface area contributed by atoms with Crippen LogP contribution in [0.25, 0.3) is 10.8 Å². The summed E-state index contributed by atoms with van der Waals surface area (Å²) in [6.45, 7) is 1.79. The van der Waals surface area contributed by atoms with Crippen LogP contribution >= 0.6 is 0 Å². The monoisotopic (exact) mass is 489 g/mol. The van der Waals surface area contributed by atoms with Crippen molar-refractivity contribution in [1.82, 2.24) is 0 Å². The number of methoxy groups -OCH3 is 1. The molecule has 2 N–H and O–H groups in total. The Morgan fingerprint density at radius 1 is 0.857 bits per heavy atom. The summed E-state index contributed by atoms with van der Waals surface area (Å²) in [6.07, 6.45) is 0. The zero-order valence-corrected chi connectivity index (χ0v) is 20.8. The van der Waals surface area contributed by atoms with Crippen LogP contribution < -0.4 is 19.7 Å². The third kappa shape index (κ3) is 4.93. The molecule has 4 aromatic rings. The molecule has 4 rings (SSSR count). The van der Waals surface area contributed by atoms with Crippen LogP contribution in [0.3, 0.4) is 0 Å². The molecule has 8 heteroatoms. The van der Waals surface area contributed by atoms with Gasteiger partial charge in [0.05, 0.1) is 17.7 Å². The molecule has 0 aromatic heterocycles. The zero-order chi connectivity index (χ0) is 25.2. The van der Waals surface area contributed by atoms with E-state index in [1.165, 1.54) is 7.11 Å². The van der Waals surface area contributed by atoms with E-state index in [1.54, 1.807) is 61.5 Å². The van der Waals surface area contributed by atoms with Crippen molar-refractivity contribution in [2.45, 2.75) is 11.8 Å². The number of carbonyl (C=O) groups is 1. The van der Waals surface area contributed by atoms with Gasteiger partial charge in [-0.2, -0.15) is 0 Å². The summed E-state index contributed by atoms with van der Waals surface area (Å²) in [4.78, 5) is 14.7. The highest BCUT2D eigenvalue weighted by Gasteiger charge is 2.21. The normalized spacial score (nSPS) is 11.2. The fourth-order valence-corrected chi connectivity index (χ4v) is 5.23. The summed E-state index contributed by atoms with van der Waals surface area (Å²) in [6, 6.07) is 22.9. The SMILES string of the molecule is COc1cc(NC(=O)c2ccccc2)c(C)cc1NS(=O)(=O)c1cccc2c(N(C)C)cccc12. The van der Waals surface area contributed by atoms with E-state index < -0.39 is 10.0 Å². The molecule has 0 saturated heterocycles. The molecule has 0 heterocycles. The maximum absolute atomic E-state index is 13.5. The van der Waals surface area contributed by atoms with E-state index in [9.17, 15) is 13.2 Å². The van der Waals surface area contributed by atoms with Gasteiger partial charge >= 0.3 is 0 Å². The number of rotatable bonds is 7. The van der Waals surface area contributed by atoms with Gasteiger partial charge in [-0.1, -0.05) is 42.5 Å². The molecular formula is C27H27N3O4S. The van der Waals surface area contributed by atoms with Gasteiger partial charge in [0.25, 0.3) is 15.9 Å². The van der Waals surface area contributed by atoms with Gasteiger partial charge in [-0.15, -0.1) is 0 Å². The van der Waals surface area contributed by atoms with E-state index in [0.29, 0.717) is 22.2 Å². The molecule has 0 fully saturated rings. The van der Waals surface area contributed by atoms with Gasteiger partial charge in [0, 0.05) is 47.9 Å². The average Bonchev–Trinajstić information content (AvgIpc) is 2.85. The third-order valence-corrected chi connectivity index (χ3v) is 7.13. The molecule has 0 atom stereocenters. The Kier molecular flexibility index (Phi) is 6.66. The first-order chi connectivity index (χ1) is 16.7. The molecule has 0 aliphatic heterocycles. The Morgan fingerprint density at radius 2 is 1.54 bits per heavy atom. The largest absolute Gasteiger partial charge is 0.494 e. The summed E-state index contributed by atoms with van der Waals surface area (Å²) < 4.78 is 35.1. The molecule has 0 spiro atoms. The maximum Gasteiger partial charge on any atom is 0.262 e. The molecular weight excluding hydrogens is 462 g/mol. The van der Waals surface area contributed by atoms with Crippen LogP contribution in [-0.2, 0) is 10.0 Å². The van der Waals surface area contributed by atoms with E-state index in [-0.39, 0.29) is 22.2 Å². The predicted octanol–water partition coefficient (Wildman–Crippen LogP) is 5.28. The standard InChI is InChI=1S/C27H27N3O4S/c1-18-16-23(25(34-4)17-22(18)28-27(31)19-10-6-5-7-11-19)29-35(32,33)26-15-9-12-20-21(26)13-8-14-24(20)30(2)3/h5-17,29H,1-4H3,(H,28,31). The molecule has 180 valence electrons. The molecule has 0 bridgehead atoms. The zero-order valence-electron chi connectivity index (χ0n) is 20.0. The van der Waals surface area contributed by atoms with Crippen molar-refractivity contribution in [3.05, 3.63) is 90.0 Å². The first kappa shape index (κ1) is 24.1. The number of benzene rings is 4. The highest BCUT2D eigenvalue weighted by atomic mass is 32.2. The number of amides is 1. The minimum Gasteiger partial charge on any atom is -0.494 e. The van der Waals surface area contributed by atoms with Gasteiger partial charge in [0.15, 0.2) is 0 Å². The molecule has 0 aliphatic rings. The first-order valence-electron chi connectivity index (χ1n) is 11.0. The van der Waals surface area contributed by atoms with Gasteiger partial charge in [-0.3, -0.25) is 9.52 Å². The van der Waals surface area contributed by atoms with E-state index in [1.807, 2.05) is 43.3 Å². The lowest BCUT2D eigenvalue weighted by Gasteiger charge is -2.18. The second-order valence-electron chi connectivity index (χ2n) is 8.32. The van der Waals surface area contributed by atoms with Crippen molar-refractivity contribution < 1.29 is 17.9 Å². The van der Waals surface area contributed by atoms with E-state index in [4.69, 9.17) is 4.74 Å². The van der Waals surface area contributed by atoms with Crippen LogP contribution in [0.1, 0.15) is 15.9 Å². The van der Waals surface area contributed by atoms with Crippen molar-refractivity contribution in [2.24, 2.45) is 0 Å². The molecule has 0 unspecified atom stereocenters.